The fourth-order valence-electron chi connectivity index (χ4n) is 4.42. The topological polar surface area (TPSA) is 84.4 Å². The Balaban J connectivity index is 1.37. The lowest BCUT2D eigenvalue weighted by atomic mass is 9.56. The fraction of sp³-hybridized carbons (Fsp3) is 0.684. The number of methoxy groups -OCH3 is 1. The summed E-state index contributed by atoms with van der Waals surface area (Å²) in [5.74, 6) is -0.657. The van der Waals surface area contributed by atoms with Gasteiger partial charge in [-0.1, -0.05) is 0 Å². The second-order valence-corrected chi connectivity index (χ2v) is 8.12. The third-order valence-electron chi connectivity index (χ3n) is 5.71. The molecule has 1 saturated carbocycles. The van der Waals surface area contributed by atoms with Crippen LogP contribution in [-0.2, 0) is 26.9 Å². The Labute approximate surface area is 167 Å². The molecule has 0 radical (unpaired) electrons. The van der Waals surface area contributed by atoms with Gasteiger partial charge in [-0.25, -0.2) is 9.97 Å². The number of ether oxygens (including phenoxy) is 1. The minimum atomic E-state index is -4.52. The lowest BCUT2D eigenvalue weighted by Crippen LogP contribution is -2.64. The summed E-state index contributed by atoms with van der Waals surface area (Å²) >= 11 is 0. The zero-order valence-electron chi connectivity index (χ0n) is 16.2. The lowest BCUT2D eigenvalue weighted by Gasteiger charge is -2.59. The molecule has 2 heterocycles. The standard InChI is InChI=1S/C19H25F3N4O3/c1-29-9-15(25-12-27)2-3-16(28)26-10-18(11-26)5-13(6-18)4-14-7-23-17(24-8-14)19(20,21)22/h7-8,12-13,15H,2-6,9-11H2,1H3,(H,25,27). The van der Waals surface area contributed by atoms with Crippen LogP contribution in [-0.4, -0.2) is 60.0 Å². The van der Waals surface area contributed by atoms with Crippen LogP contribution in [0.15, 0.2) is 12.4 Å². The molecule has 1 aliphatic heterocycles. The van der Waals surface area contributed by atoms with Gasteiger partial charge in [0.05, 0.1) is 12.6 Å². The van der Waals surface area contributed by atoms with Crippen molar-refractivity contribution < 1.29 is 27.5 Å². The van der Waals surface area contributed by atoms with Crippen molar-refractivity contribution in [3.63, 3.8) is 0 Å². The van der Waals surface area contributed by atoms with Gasteiger partial charge in [0.25, 0.3) is 0 Å². The Morgan fingerprint density at radius 1 is 1.38 bits per heavy atom. The average Bonchev–Trinajstić information content (AvgIpc) is 2.60. The van der Waals surface area contributed by atoms with Crippen LogP contribution >= 0.6 is 0 Å². The number of hydrogen-bond donors (Lipinski definition) is 1. The van der Waals surface area contributed by atoms with E-state index in [1.807, 2.05) is 4.90 Å². The summed E-state index contributed by atoms with van der Waals surface area (Å²) in [5.41, 5.74) is 0.858. The molecule has 3 rings (SSSR count). The summed E-state index contributed by atoms with van der Waals surface area (Å²) < 4.78 is 42.6. The van der Waals surface area contributed by atoms with Gasteiger partial charge in [-0.05, 0) is 37.2 Å². The Kier molecular flexibility index (Phi) is 6.40. The minimum absolute atomic E-state index is 0.0732. The van der Waals surface area contributed by atoms with Gasteiger partial charge >= 0.3 is 6.18 Å². The van der Waals surface area contributed by atoms with Gasteiger partial charge in [0.15, 0.2) is 0 Å². The highest BCUT2D eigenvalue weighted by molar-refractivity contribution is 5.77. The molecule has 29 heavy (non-hydrogen) atoms. The Morgan fingerprint density at radius 2 is 2.03 bits per heavy atom. The van der Waals surface area contributed by atoms with Crippen LogP contribution in [0, 0.1) is 11.3 Å². The second kappa shape index (κ2) is 8.64. The maximum atomic E-state index is 12.5. The van der Waals surface area contributed by atoms with E-state index in [2.05, 4.69) is 15.3 Å². The van der Waals surface area contributed by atoms with E-state index in [1.54, 1.807) is 7.11 Å². The summed E-state index contributed by atoms with van der Waals surface area (Å²) in [7, 11) is 1.55. The molecule has 0 bridgehead atoms. The monoisotopic (exact) mass is 414 g/mol. The summed E-state index contributed by atoms with van der Waals surface area (Å²) in [6, 6.07) is -0.171. The third-order valence-corrected chi connectivity index (χ3v) is 5.71. The number of likely N-dealkylation sites (tertiary alicyclic amines) is 1. The number of nitrogens with zero attached hydrogens (tertiary/aromatic N) is 3. The van der Waals surface area contributed by atoms with Crippen LogP contribution in [0.1, 0.15) is 37.1 Å². The van der Waals surface area contributed by atoms with E-state index >= 15 is 0 Å². The van der Waals surface area contributed by atoms with E-state index in [1.165, 1.54) is 12.4 Å². The molecule has 1 aliphatic carbocycles. The number of alkyl halides is 3. The molecule has 1 atom stereocenters. The minimum Gasteiger partial charge on any atom is -0.383 e. The van der Waals surface area contributed by atoms with Crippen molar-refractivity contribution in [1.29, 1.82) is 0 Å². The number of rotatable bonds is 9. The molecule has 1 aromatic rings. The highest BCUT2D eigenvalue weighted by Gasteiger charge is 2.53. The van der Waals surface area contributed by atoms with Gasteiger partial charge in [-0.15, -0.1) is 0 Å². The van der Waals surface area contributed by atoms with Gasteiger partial charge in [-0.2, -0.15) is 13.2 Å². The Bertz CT molecular complexity index is 712. The fourth-order valence-corrected chi connectivity index (χ4v) is 4.42. The normalized spacial score (nSPS) is 19.4. The van der Waals surface area contributed by atoms with Crippen molar-refractivity contribution >= 4 is 12.3 Å². The van der Waals surface area contributed by atoms with E-state index in [9.17, 15) is 22.8 Å². The average molecular weight is 414 g/mol. The van der Waals surface area contributed by atoms with Crippen molar-refractivity contribution in [3.05, 3.63) is 23.8 Å². The number of nitrogens with one attached hydrogen (secondary N) is 1. The number of halogens is 3. The van der Waals surface area contributed by atoms with Gasteiger partial charge in [-0.3, -0.25) is 9.59 Å². The molecule has 1 unspecified atom stereocenters. The summed E-state index contributed by atoms with van der Waals surface area (Å²) in [6.45, 7) is 1.81. The van der Waals surface area contributed by atoms with Crippen LogP contribution in [0.4, 0.5) is 13.2 Å². The first kappa shape index (κ1) is 21.5. The summed E-state index contributed by atoms with van der Waals surface area (Å²) in [5, 5.41) is 2.64. The number of carbonyl (C=O) groups is 2. The van der Waals surface area contributed by atoms with Gasteiger partial charge < -0.3 is 15.0 Å². The van der Waals surface area contributed by atoms with E-state index in [4.69, 9.17) is 4.74 Å². The van der Waals surface area contributed by atoms with Gasteiger partial charge in [0.2, 0.25) is 18.1 Å². The predicted octanol–water partition coefficient (Wildman–Crippen LogP) is 1.82. The molecule has 2 fully saturated rings. The molecule has 1 aromatic heterocycles. The predicted molar refractivity (Wildman–Crippen MR) is 96.6 cm³/mol. The lowest BCUT2D eigenvalue weighted by molar-refractivity contribution is -0.155. The molecule has 160 valence electrons. The molecule has 0 aromatic carbocycles. The largest absolute Gasteiger partial charge is 0.451 e. The van der Waals surface area contributed by atoms with E-state index < -0.39 is 12.0 Å². The SMILES string of the molecule is COCC(CCC(=O)N1CC2(CC(Cc3cnc(C(F)(F)F)nc3)C2)C1)NC=O. The Hall–Kier alpha value is -2.23. The quantitative estimate of drug-likeness (QED) is 0.623. The number of aromatic nitrogens is 2. The van der Waals surface area contributed by atoms with E-state index in [0.717, 1.165) is 25.9 Å². The molecule has 1 spiro atoms. The van der Waals surface area contributed by atoms with Crippen molar-refractivity contribution in [2.24, 2.45) is 11.3 Å². The first-order valence-electron chi connectivity index (χ1n) is 9.59. The van der Waals surface area contributed by atoms with Gasteiger partial charge in [0, 0.05) is 44.4 Å². The first-order valence-corrected chi connectivity index (χ1v) is 9.59. The van der Waals surface area contributed by atoms with Crippen molar-refractivity contribution in [2.75, 3.05) is 26.8 Å². The number of amides is 2. The number of carbonyl (C=O) groups excluding carboxylic acids is 2. The zero-order chi connectivity index (χ0) is 21.1. The van der Waals surface area contributed by atoms with Crippen LogP contribution in [0.25, 0.3) is 0 Å². The van der Waals surface area contributed by atoms with Crippen molar-refractivity contribution in [3.8, 4) is 0 Å². The zero-order valence-corrected chi connectivity index (χ0v) is 16.2. The smallest absolute Gasteiger partial charge is 0.383 e. The van der Waals surface area contributed by atoms with E-state index in [-0.39, 0.29) is 17.4 Å². The van der Waals surface area contributed by atoms with Crippen molar-refractivity contribution in [2.45, 2.75) is 44.3 Å². The highest BCUT2D eigenvalue weighted by atomic mass is 19.4. The van der Waals surface area contributed by atoms with Gasteiger partial charge in [0.1, 0.15) is 0 Å². The van der Waals surface area contributed by atoms with Crippen LogP contribution < -0.4 is 5.32 Å². The molecular weight excluding hydrogens is 389 g/mol. The molecule has 2 aliphatic rings. The molecule has 7 nitrogen and oxygen atoms in total. The Morgan fingerprint density at radius 3 is 2.59 bits per heavy atom. The van der Waals surface area contributed by atoms with Crippen molar-refractivity contribution in [1.82, 2.24) is 20.2 Å². The van der Waals surface area contributed by atoms with Crippen LogP contribution in [0.3, 0.4) is 0 Å². The highest BCUT2D eigenvalue weighted by Crippen LogP contribution is 2.52. The maximum absolute atomic E-state index is 12.5. The molecular formula is C19H25F3N4O3. The van der Waals surface area contributed by atoms with E-state index in [0.29, 0.717) is 43.8 Å². The van der Waals surface area contributed by atoms with Crippen LogP contribution in [0.2, 0.25) is 0 Å². The first-order chi connectivity index (χ1) is 13.7. The second-order valence-electron chi connectivity index (χ2n) is 8.12. The number of hydrogen-bond acceptors (Lipinski definition) is 5. The summed E-state index contributed by atoms with van der Waals surface area (Å²) in [4.78, 5) is 31.5. The van der Waals surface area contributed by atoms with Crippen LogP contribution in [0.5, 0.6) is 0 Å². The maximum Gasteiger partial charge on any atom is 0.451 e. The third kappa shape index (κ3) is 5.23. The molecule has 1 N–H and O–H groups in total. The molecule has 1 saturated heterocycles. The molecule has 10 heteroatoms. The molecule has 2 amide bonds. The summed E-state index contributed by atoms with van der Waals surface area (Å²) in [6.07, 6.45) is 2.06.